The van der Waals surface area contributed by atoms with Gasteiger partial charge < -0.3 is 10.1 Å². The van der Waals surface area contributed by atoms with Crippen molar-refractivity contribution < 1.29 is 18.3 Å². The number of benzene rings is 1. The van der Waals surface area contributed by atoms with E-state index in [0.29, 0.717) is 30.8 Å². The number of halogens is 3. The van der Waals surface area contributed by atoms with Crippen LogP contribution >= 0.6 is 11.6 Å². The van der Waals surface area contributed by atoms with E-state index in [-0.39, 0.29) is 33.2 Å². The Morgan fingerprint density at radius 3 is 2.50 bits per heavy atom. The first-order valence-corrected chi connectivity index (χ1v) is 13.4. The van der Waals surface area contributed by atoms with Crippen molar-refractivity contribution in [3.8, 4) is 17.0 Å². The average molecular weight is 524 g/mol. The first-order valence-electron chi connectivity index (χ1n) is 13.0. The van der Waals surface area contributed by atoms with Gasteiger partial charge in [0.15, 0.2) is 5.69 Å². The van der Waals surface area contributed by atoms with Gasteiger partial charge in [0, 0.05) is 18.7 Å². The summed E-state index contributed by atoms with van der Waals surface area (Å²) in [6, 6.07) is 5.24. The maximum absolute atomic E-state index is 13.3. The second kappa shape index (κ2) is 11.5. The second-order valence-corrected chi connectivity index (χ2v) is 11.9. The minimum absolute atomic E-state index is 0.0239. The molecule has 1 aromatic carbocycles. The summed E-state index contributed by atoms with van der Waals surface area (Å²) >= 11 is 6.71. The Kier molecular flexibility index (Phi) is 9.07. The van der Waals surface area contributed by atoms with Crippen molar-refractivity contribution >= 4 is 17.5 Å². The molecule has 0 unspecified atom stereocenters. The summed E-state index contributed by atoms with van der Waals surface area (Å²) in [5, 5.41) is 7.66. The van der Waals surface area contributed by atoms with Crippen molar-refractivity contribution in [1.29, 1.82) is 0 Å². The highest BCUT2D eigenvalue weighted by Crippen LogP contribution is 2.42. The van der Waals surface area contributed by atoms with Crippen molar-refractivity contribution in [3.05, 3.63) is 34.5 Å². The number of aryl methyl sites for hydroxylation is 1. The van der Waals surface area contributed by atoms with Gasteiger partial charge in [-0.25, -0.2) is 0 Å². The zero-order chi connectivity index (χ0) is 26.7. The van der Waals surface area contributed by atoms with E-state index in [9.17, 15) is 13.6 Å². The highest BCUT2D eigenvalue weighted by atomic mass is 35.5. The van der Waals surface area contributed by atoms with E-state index in [0.717, 1.165) is 43.6 Å². The fraction of sp³-hybridized carbons (Fsp3) is 0.643. The molecule has 8 heteroatoms. The van der Waals surface area contributed by atoms with Gasteiger partial charge in [-0.2, -0.15) is 13.9 Å². The third kappa shape index (κ3) is 6.78. The summed E-state index contributed by atoms with van der Waals surface area (Å²) in [6.07, 6.45) is 6.19. The van der Waals surface area contributed by atoms with Crippen LogP contribution in [0.15, 0.2) is 18.2 Å². The lowest BCUT2D eigenvalue weighted by Crippen LogP contribution is -2.39. The summed E-state index contributed by atoms with van der Waals surface area (Å²) < 4.78 is 33.1. The molecular weight excluding hydrogens is 484 g/mol. The van der Waals surface area contributed by atoms with Crippen LogP contribution in [0, 0.1) is 16.7 Å². The van der Waals surface area contributed by atoms with Crippen LogP contribution in [-0.2, 0) is 13.0 Å². The van der Waals surface area contributed by atoms with Crippen molar-refractivity contribution in [2.24, 2.45) is 16.7 Å². The molecule has 1 amide bonds. The standard InChI is InChI=1S/C28H40ClF2N3O2/c1-7-28(13-11-18(3)12-14-28)17-32-25(35)23-22(29)24(34(8-2)33-23)20-10-9-19(16-27(4,5)6)15-21(20)36-26(30)31/h9-10,15,18,26H,7-8,11-14,16-17H2,1-6H3,(H,32,35). The Morgan fingerprint density at radius 2 is 1.94 bits per heavy atom. The molecule has 36 heavy (non-hydrogen) atoms. The summed E-state index contributed by atoms with van der Waals surface area (Å²) in [5.74, 6) is 0.397. The lowest BCUT2D eigenvalue weighted by molar-refractivity contribution is -0.0495. The zero-order valence-corrected chi connectivity index (χ0v) is 23.1. The highest BCUT2D eigenvalue weighted by Gasteiger charge is 2.34. The molecule has 0 radical (unpaired) electrons. The fourth-order valence-electron chi connectivity index (χ4n) is 5.13. The molecular formula is C28H40ClF2N3O2. The minimum atomic E-state index is -2.99. The SMILES string of the molecule is CCn1nc(C(=O)NCC2(CC)CCC(C)CC2)c(Cl)c1-c1ccc(CC(C)(C)C)cc1OC(F)F. The van der Waals surface area contributed by atoms with E-state index < -0.39 is 6.61 Å². The normalized spacial score (nSPS) is 20.6. The van der Waals surface area contributed by atoms with Crippen LogP contribution in [-0.4, -0.2) is 28.8 Å². The quantitative estimate of drug-likeness (QED) is 0.365. The molecule has 2 aromatic rings. The molecule has 1 saturated carbocycles. The van der Waals surface area contributed by atoms with Crippen LogP contribution in [0.5, 0.6) is 5.75 Å². The molecule has 0 saturated heterocycles. The largest absolute Gasteiger partial charge is 0.434 e. The highest BCUT2D eigenvalue weighted by molar-refractivity contribution is 6.36. The van der Waals surface area contributed by atoms with Gasteiger partial charge >= 0.3 is 6.61 Å². The topological polar surface area (TPSA) is 56.2 Å². The van der Waals surface area contributed by atoms with E-state index in [1.807, 2.05) is 13.0 Å². The fourth-order valence-corrected chi connectivity index (χ4v) is 5.45. The van der Waals surface area contributed by atoms with Gasteiger partial charge in [-0.3, -0.25) is 9.48 Å². The Morgan fingerprint density at radius 1 is 1.28 bits per heavy atom. The molecule has 1 heterocycles. The van der Waals surface area contributed by atoms with Gasteiger partial charge in [-0.05, 0) is 67.1 Å². The molecule has 200 valence electrons. The summed E-state index contributed by atoms with van der Waals surface area (Å²) in [6.45, 7) is 10.6. The van der Waals surface area contributed by atoms with Gasteiger partial charge in [-0.15, -0.1) is 0 Å². The van der Waals surface area contributed by atoms with Gasteiger partial charge in [0.25, 0.3) is 5.91 Å². The molecule has 0 bridgehead atoms. The Hall–Kier alpha value is -2.15. The van der Waals surface area contributed by atoms with E-state index >= 15 is 0 Å². The lowest BCUT2D eigenvalue weighted by Gasteiger charge is -2.39. The van der Waals surface area contributed by atoms with Crippen LogP contribution in [0.3, 0.4) is 0 Å². The molecule has 1 aliphatic rings. The molecule has 0 aliphatic heterocycles. The van der Waals surface area contributed by atoms with Crippen molar-refractivity contribution in [1.82, 2.24) is 15.1 Å². The molecule has 3 rings (SSSR count). The molecule has 1 aliphatic carbocycles. The predicted octanol–water partition coefficient (Wildman–Crippen LogP) is 7.75. The zero-order valence-electron chi connectivity index (χ0n) is 22.4. The summed E-state index contributed by atoms with van der Waals surface area (Å²) in [5.41, 5.74) is 1.84. The lowest BCUT2D eigenvalue weighted by atomic mass is 9.69. The summed E-state index contributed by atoms with van der Waals surface area (Å²) in [7, 11) is 0. The molecule has 0 spiro atoms. The Labute approximate surface area is 218 Å². The number of ether oxygens (including phenoxy) is 1. The maximum Gasteiger partial charge on any atom is 0.387 e. The number of hydrogen-bond donors (Lipinski definition) is 1. The van der Waals surface area contributed by atoms with Crippen molar-refractivity contribution in [3.63, 3.8) is 0 Å². The average Bonchev–Trinajstić information content (AvgIpc) is 3.14. The number of hydrogen-bond acceptors (Lipinski definition) is 3. The smallest absolute Gasteiger partial charge is 0.387 e. The van der Waals surface area contributed by atoms with Gasteiger partial charge in [0.1, 0.15) is 5.75 Å². The van der Waals surface area contributed by atoms with Gasteiger partial charge in [-0.1, -0.05) is 65.1 Å². The third-order valence-corrected chi connectivity index (χ3v) is 7.73. The molecule has 1 aromatic heterocycles. The second-order valence-electron chi connectivity index (χ2n) is 11.5. The van der Waals surface area contributed by atoms with Crippen LogP contribution in [0.2, 0.25) is 5.02 Å². The van der Waals surface area contributed by atoms with Crippen molar-refractivity contribution in [2.45, 2.75) is 93.2 Å². The van der Waals surface area contributed by atoms with Crippen LogP contribution in [0.4, 0.5) is 8.78 Å². The number of amides is 1. The number of alkyl halides is 2. The number of nitrogens with one attached hydrogen (secondary N) is 1. The first kappa shape index (κ1) is 28.4. The first-order chi connectivity index (χ1) is 16.9. The molecule has 1 N–H and O–H groups in total. The molecule has 1 fully saturated rings. The number of aromatic nitrogens is 2. The van der Waals surface area contributed by atoms with Gasteiger partial charge in [0.2, 0.25) is 0 Å². The number of carbonyl (C=O) groups is 1. The van der Waals surface area contributed by atoms with E-state index in [2.05, 4.69) is 45.0 Å². The third-order valence-electron chi connectivity index (χ3n) is 7.37. The Bertz CT molecular complexity index is 1050. The maximum atomic E-state index is 13.3. The van der Waals surface area contributed by atoms with Crippen LogP contribution in [0.1, 0.15) is 89.7 Å². The van der Waals surface area contributed by atoms with Crippen LogP contribution in [0.25, 0.3) is 11.3 Å². The van der Waals surface area contributed by atoms with E-state index in [1.165, 1.54) is 0 Å². The minimum Gasteiger partial charge on any atom is -0.434 e. The predicted molar refractivity (Wildman–Crippen MR) is 141 cm³/mol. The van der Waals surface area contributed by atoms with Crippen molar-refractivity contribution in [2.75, 3.05) is 6.54 Å². The van der Waals surface area contributed by atoms with Gasteiger partial charge in [0.05, 0.1) is 10.7 Å². The number of rotatable bonds is 9. The molecule has 5 nitrogen and oxygen atoms in total. The summed E-state index contributed by atoms with van der Waals surface area (Å²) in [4.78, 5) is 13.2. The van der Waals surface area contributed by atoms with Crippen LogP contribution < -0.4 is 10.1 Å². The Balaban J connectivity index is 1.92. The number of carbonyl (C=O) groups excluding carboxylic acids is 1. The van der Waals surface area contributed by atoms with E-state index in [1.54, 1.807) is 16.8 Å². The monoisotopic (exact) mass is 523 g/mol. The van der Waals surface area contributed by atoms with E-state index in [4.69, 9.17) is 16.3 Å². The molecule has 0 atom stereocenters. The number of nitrogens with zero attached hydrogens (tertiary/aromatic N) is 2.